The van der Waals surface area contributed by atoms with E-state index in [1.54, 1.807) is 0 Å². The third-order valence-electron chi connectivity index (χ3n) is 3.20. The molecule has 0 aliphatic carbocycles. The summed E-state index contributed by atoms with van der Waals surface area (Å²) in [5.41, 5.74) is -0.461. The first-order valence-corrected chi connectivity index (χ1v) is 6.00. The minimum absolute atomic E-state index is 0.306. The third kappa shape index (κ3) is 3.02. The van der Waals surface area contributed by atoms with Gasteiger partial charge in [0.05, 0.1) is 0 Å². The molecule has 1 heterocycles. The van der Waals surface area contributed by atoms with Gasteiger partial charge in [0.2, 0.25) is 0 Å². The number of likely N-dealkylation sites (tertiary alicyclic amines) is 1. The van der Waals surface area contributed by atoms with E-state index < -0.39 is 5.60 Å². The van der Waals surface area contributed by atoms with E-state index >= 15 is 0 Å². The highest BCUT2D eigenvalue weighted by molar-refractivity contribution is 5.87. The monoisotopic (exact) mass is 213 g/mol. The fourth-order valence-electron chi connectivity index (χ4n) is 2.21. The van der Waals surface area contributed by atoms with E-state index in [-0.39, 0.29) is 0 Å². The second-order valence-corrected chi connectivity index (χ2v) is 4.40. The summed E-state index contributed by atoms with van der Waals surface area (Å²) in [7, 11) is 2.10. The Morgan fingerprint density at radius 2 is 1.93 bits per heavy atom. The number of Topliss-reactive ketones (excluding diaryl/α,β-unsaturated/α-hetero) is 1. The smallest absolute Gasteiger partial charge is 0.164 e. The fourth-order valence-corrected chi connectivity index (χ4v) is 2.21. The van der Waals surface area contributed by atoms with Gasteiger partial charge in [-0.05, 0) is 33.2 Å². The SMILES string of the molecule is CCCC(=O)C1(OCC)CCN(C)CC1. The van der Waals surface area contributed by atoms with Crippen LogP contribution in [0.15, 0.2) is 0 Å². The van der Waals surface area contributed by atoms with Gasteiger partial charge in [-0.2, -0.15) is 0 Å². The first kappa shape index (κ1) is 12.7. The fraction of sp³-hybridized carbons (Fsp3) is 0.917. The number of piperidine rings is 1. The molecule has 0 radical (unpaired) electrons. The van der Waals surface area contributed by atoms with Gasteiger partial charge in [0.15, 0.2) is 5.78 Å². The lowest BCUT2D eigenvalue weighted by Gasteiger charge is -2.39. The Bertz CT molecular complexity index is 208. The largest absolute Gasteiger partial charge is 0.367 e. The molecule has 0 aromatic rings. The molecule has 1 saturated heterocycles. The first-order valence-electron chi connectivity index (χ1n) is 6.00. The number of hydrogen-bond donors (Lipinski definition) is 0. The molecule has 3 heteroatoms. The van der Waals surface area contributed by atoms with Gasteiger partial charge in [-0.15, -0.1) is 0 Å². The van der Waals surface area contributed by atoms with Crippen LogP contribution in [-0.4, -0.2) is 43.0 Å². The van der Waals surface area contributed by atoms with Crippen molar-refractivity contribution in [1.29, 1.82) is 0 Å². The molecule has 0 aromatic carbocycles. The van der Waals surface area contributed by atoms with E-state index in [0.717, 1.165) is 32.4 Å². The molecule has 88 valence electrons. The van der Waals surface area contributed by atoms with Gasteiger partial charge >= 0.3 is 0 Å². The van der Waals surface area contributed by atoms with Crippen LogP contribution in [0, 0.1) is 0 Å². The number of rotatable bonds is 5. The molecule has 0 spiro atoms. The maximum atomic E-state index is 12.1. The lowest BCUT2D eigenvalue weighted by Crippen LogP contribution is -2.50. The normalized spacial score (nSPS) is 21.5. The number of carbonyl (C=O) groups excluding carboxylic acids is 1. The van der Waals surface area contributed by atoms with Crippen molar-refractivity contribution in [2.24, 2.45) is 0 Å². The predicted molar refractivity (Wildman–Crippen MR) is 61.0 cm³/mol. The van der Waals surface area contributed by atoms with Gasteiger partial charge in [0.1, 0.15) is 5.60 Å². The average Bonchev–Trinajstić information content (AvgIpc) is 2.22. The lowest BCUT2D eigenvalue weighted by atomic mass is 9.85. The molecule has 1 aliphatic heterocycles. The summed E-state index contributed by atoms with van der Waals surface area (Å²) in [5.74, 6) is 0.306. The van der Waals surface area contributed by atoms with Crippen molar-refractivity contribution < 1.29 is 9.53 Å². The van der Waals surface area contributed by atoms with Crippen molar-refractivity contribution in [3.8, 4) is 0 Å². The van der Waals surface area contributed by atoms with Crippen LogP contribution in [-0.2, 0) is 9.53 Å². The average molecular weight is 213 g/mol. The lowest BCUT2D eigenvalue weighted by molar-refractivity contribution is -0.150. The summed E-state index contributed by atoms with van der Waals surface area (Å²) in [4.78, 5) is 14.3. The quantitative estimate of drug-likeness (QED) is 0.698. The standard InChI is InChI=1S/C12H23NO2/c1-4-6-11(14)12(15-5-2)7-9-13(3)10-8-12/h4-10H2,1-3H3. The van der Waals surface area contributed by atoms with Gasteiger partial charge in [-0.25, -0.2) is 0 Å². The second-order valence-electron chi connectivity index (χ2n) is 4.40. The van der Waals surface area contributed by atoms with Crippen molar-refractivity contribution in [3.05, 3.63) is 0 Å². The highest BCUT2D eigenvalue weighted by Crippen LogP contribution is 2.28. The van der Waals surface area contributed by atoms with Crippen LogP contribution < -0.4 is 0 Å². The first-order chi connectivity index (χ1) is 7.14. The number of carbonyl (C=O) groups is 1. The molecule has 15 heavy (non-hydrogen) atoms. The number of nitrogens with zero attached hydrogens (tertiary/aromatic N) is 1. The summed E-state index contributed by atoms with van der Waals surface area (Å²) in [6.07, 6.45) is 3.29. The minimum Gasteiger partial charge on any atom is -0.367 e. The zero-order valence-electron chi connectivity index (χ0n) is 10.2. The van der Waals surface area contributed by atoms with Gasteiger partial charge in [-0.1, -0.05) is 6.92 Å². The Balaban J connectivity index is 2.65. The molecular weight excluding hydrogens is 190 g/mol. The molecule has 1 aliphatic rings. The molecule has 0 bridgehead atoms. The Hall–Kier alpha value is -0.410. The van der Waals surface area contributed by atoms with Gasteiger partial charge in [-0.3, -0.25) is 4.79 Å². The van der Waals surface area contributed by atoms with Gasteiger partial charge in [0.25, 0.3) is 0 Å². The maximum Gasteiger partial charge on any atom is 0.164 e. The minimum atomic E-state index is -0.461. The van der Waals surface area contributed by atoms with Crippen molar-refractivity contribution >= 4 is 5.78 Å². The van der Waals surface area contributed by atoms with E-state index in [2.05, 4.69) is 11.9 Å². The Morgan fingerprint density at radius 3 is 2.40 bits per heavy atom. The van der Waals surface area contributed by atoms with Crippen LogP contribution >= 0.6 is 0 Å². The zero-order chi connectivity index (χ0) is 11.3. The van der Waals surface area contributed by atoms with E-state index in [0.29, 0.717) is 18.8 Å². The molecular formula is C12H23NO2. The highest BCUT2D eigenvalue weighted by Gasteiger charge is 2.40. The molecule has 0 amide bonds. The summed E-state index contributed by atoms with van der Waals surface area (Å²) >= 11 is 0. The van der Waals surface area contributed by atoms with E-state index in [9.17, 15) is 4.79 Å². The second kappa shape index (κ2) is 5.61. The molecule has 0 saturated carbocycles. The van der Waals surface area contributed by atoms with E-state index in [1.165, 1.54) is 0 Å². The molecule has 3 nitrogen and oxygen atoms in total. The summed E-state index contributed by atoms with van der Waals surface area (Å²) < 4.78 is 5.76. The van der Waals surface area contributed by atoms with Crippen molar-refractivity contribution in [2.75, 3.05) is 26.7 Å². The molecule has 1 fully saturated rings. The van der Waals surface area contributed by atoms with Crippen LogP contribution in [0.1, 0.15) is 39.5 Å². The van der Waals surface area contributed by atoms with E-state index in [1.807, 2.05) is 13.8 Å². The topological polar surface area (TPSA) is 29.5 Å². The van der Waals surface area contributed by atoms with Crippen LogP contribution in [0.2, 0.25) is 0 Å². The Labute approximate surface area is 92.8 Å². The Morgan fingerprint density at radius 1 is 1.33 bits per heavy atom. The number of hydrogen-bond acceptors (Lipinski definition) is 3. The highest BCUT2D eigenvalue weighted by atomic mass is 16.5. The zero-order valence-corrected chi connectivity index (χ0v) is 10.2. The predicted octanol–water partition coefficient (Wildman–Crippen LogP) is 1.86. The van der Waals surface area contributed by atoms with Crippen LogP contribution in [0.3, 0.4) is 0 Å². The van der Waals surface area contributed by atoms with Crippen LogP contribution in [0.4, 0.5) is 0 Å². The molecule has 0 unspecified atom stereocenters. The summed E-state index contributed by atoms with van der Waals surface area (Å²) in [5, 5.41) is 0. The maximum absolute atomic E-state index is 12.1. The van der Waals surface area contributed by atoms with Crippen molar-refractivity contribution in [2.45, 2.75) is 45.1 Å². The summed E-state index contributed by atoms with van der Waals surface area (Å²) in [6.45, 7) is 6.59. The molecule has 0 N–H and O–H groups in total. The molecule has 0 aromatic heterocycles. The molecule has 1 rings (SSSR count). The summed E-state index contributed by atoms with van der Waals surface area (Å²) in [6, 6.07) is 0. The van der Waals surface area contributed by atoms with Gasteiger partial charge < -0.3 is 9.64 Å². The number of ketones is 1. The van der Waals surface area contributed by atoms with Crippen molar-refractivity contribution in [1.82, 2.24) is 4.90 Å². The van der Waals surface area contributed by atoms with E-state index in [4.69, 9.17) is 4.74 Å². The number of ether oxygens (including phenoxy) is 1. The third-order valence-corrected chi connectivity index (χ3v) is 3.20. The molecule has 0 atom stereocenters. The van der Waals surface area contributed by atoms with Crippen LogP contribution in [0.5, 0.6) is 0 Å². The van der Waals surface area contributed by atoms with Gasteiger partial charge in [0, 0.05) is 26.1 Å². The Kier molecular flexibility index (Phi) is 4.74. The van der Waals surface area contributed by atoms with Crippen molar-refractivity contribution in [3.63, 3.8) is 0 Å². The van der Waals surface area contributed by atoms with Crippen LogP contribution in [0.25, 0.3) is 0 Å².